The second-order valence-corrected chi connectivity index (χ2v) is 34.6. The number of nitrogens with one attached hydrogen (secondary N) is 8. The van der Waals surface area contributed by atoms with Crippen LogP contribution in [0.2, 0.25) is 0 Å². The molecule has 0 radical (unpaired) electrons. The van der Waals surface area contributed by atoms with Crippen LogP contribution < -0.4 is 48.3 Å². The summed E-state index contributed by atoms with van der Waals surface area (Å²) in [6.07, 6.45) is 40.4. The number of amides is 6. The van der Waals surface area contributed by atoms with Crippen LogP contribution >= 0.6 is 0 Å². The Labute approximate surface area is 672 Å². The predicted molar refractivity (Wildman–Crippen MR) is 452 cm³/mol. The van der Waals surface area contributed by atoms with E-state index in [1.165, 1.54) is 0 Å². The van der Waals surface area contributed by atoms with Crippen LogP contribution in [0.3, 0.4) is 0 Å². The first kappa shape index (κ1) is 88.9. The quantitative estimate of drug-likeness (QED) is 0.0207. The topological polar surface area (TPSA) is 263 Å². The summed E-state index contributed by atoms with van der Waals surface area (Å²) in [5.41, 5.74) is 7.17. The minimum atomic E-state index is -0.219. The SMILES string of the molecule is C=CC1CC(C=C)C2C(C)C(C(=O)NCCNC3C(C(=O)NCCNC)CC4C(C=C)CC(C=C)C43)CC12.C=CC1CC(C=C)C2C(C)C(C(=O)NCCOC3C(C(=O)NCCOC)CC4C(C=C)CC(C=C)C43)CC12.C=CC1CC(C=C)C2CC(C(=O)NCCN)=CC12.C=CC1CC(C=C)C2CC(C(=O)NCCO)=CC12. The highest BCUT2D eigenvalue weighted by Gasteiger charge is 2.58. The van der Waals surface area contributed by atoms with Gasteiger partial charge in [-0.3, -0.25) is 28.8 Å². The maximum Gasteiger partial charge on any atom is 0.246 e. The molecule has 0 aromatic carbocycles. The second-order valence-electron chi connectivity index (χ2n) is 34.6. The lowest BCUT2D eigenvalue weighted by Crippen LogP contribution is -2.48. The van der Waals surface area contributed by atoms with Gasteiger partial charge in [0.25, 0.3) is 0 Å². The van der Waals surface area contributed by atoms with E-state index >= 15 is 0 Å². The Morgan fingerprint density at radius 3 is 1.18 bits per heavy atom. The van der Waals surface area contributed by atoms with Crippen LogP contribution in [0.4, 0.5) is 0 Å². The third-order valence-corrected chi connectivity index (χ3v) is 29.6. The highest BCUT2D eigenvalue weighted by Crippen LogP contribution is 2.60. The molecule has 10 fully saturated rings. The van der Waals surface area contributed by atoms with Crippen molar-refractivity contribution < 1.29 is 43.3 Å². The van der Waals surface area contributed by atoms with E-state index < -0.39 is 0 Å². The fourth-order valence-electron chi connectivity index (χ4n) is 24.2. The highest BCUT2D eigenvalue weighted by atomic mass is 16.5. The van der Waals surface area contributed by atoms with Crippen molar-refractivity contribution in [3.05, 3.63) is 175 Å². The third-order valence-electron chi connectivity index (χ3n) is 29.6. The zero-order chi connectivity index (χ0) is 81.0. The molecule has 12 aliphatic rings. The van der Waals surface area contributed by atoms with Gasteiger partial charge in [-0.1, -0.05) is 98.9 Å². The first-order chi connectivity index (χ1) is 54.2. The Hall–Kier alpha value is -7.06. The van der Waals surface area contributed by atoms with Gasteiger partial charge in [-0.2, -0.15) is 0 Å². The van der Waals surface area contributed by atoms with E-state index in [0.717, 1.165) is 94.7 Å². The van der Waals surface area contributed by atoms with Gasteiger partial charge < -0.3 is 62.8 Å². The first-order valence-electron chi connectivity index (χ1n) is 42.6. The van der Waals surface area contributed by atoms with E-state index in [-0.39, 0.29) is 83.8 Å². The lowest BCUT2D eigenvalue weighted by molar-refractivity contribution is -0.131. The molecule has 616 valence electrons. The summed E-state index contributed by atoms with van der Waals surface area (Å²) in [4.78, 5) is 76.6. The van der Waals surface area contributed by atoms with Gasteiger partial charge in [-0.15, -0.1) is 78.9 Å². The molecule has 0 spiro atoms. The van der Waals surface area contributed by atoms with Gasteiger partial charge in [0.2, 0.25) is 35.4 Å². The smallest absolute Gasteiger partial charge is 0.246 e. The molecule has 12 aliphatic carbocycles. The maximum atomic E-state index is 13.3. The number of hydrogen-bond donors (Lipinski definition) is 10. The predicted octanol–water partition coefficient (Wildman–Crippen LogP) is 11.3. The van der Waals surface area contributed by atoms with Crippen molar-refractivity contribution >= 4 is 35.4 Å². The number of methoxy groups -OCH3 is 1. The number of carbonyl (C=O) groups is 6. The van der Waals surface area contributed by atoms with Crippen molar-refractivity contribution in [3.63, 3.8) is 0 Å². The summed E-state index contributed by atoms with van der Waals surface area (Å²) < 4.78 is 11.6. The number of aliphatic hydroxyl groups is 1. The Morgan fingerprint density at radius 2 is 0.750 bits per heavy atom. The molecule has 6 amide bonds. The van der Waals surface area contributed by atoms with E-state index in [9.17, 15) is 28.8 Å². The van der Waals surface area contributed by atoms with Crippen molar-refractivity contribution in [1.29, 1.82) is 0 Å². The summed E-state index contributed by atoms with van der Waals surface area (Å²) >= 11 is 0. The van der Waals surface area contributed by atoms with E-state index in [1.807, 2.05) is 43.5 Å². The molecule has 0 bridgehead atoms. The van der Waals surface area contributed by atoms with E-state index in [1.54, 1.807) is 7.11 Å². The van der Waals surface area contributed by atoms with E-state index in [2.05, 4.69) is 184 Å². The molecule has 11 N–H and O–H groups in total. The van der Waals surface area contributed by atoms with Gasteiger partial charge >= 0.3 is 0 Å². The van der Waals surface area contributed by atoms with Crippen LogP contribution in [-0.2, 0) is 38.2 Å². The highest BCUT2D eigenvalue weighted by molar-refractivity contribution is 5.94. The Bertz CT molecular complexity index is 3200. The molecule has 18 heteroatoms. The third kappa shape index (κ3) is 19.7. The monoisotopic (exact) mass is 1540 g/mol. The summed E-state index contributed by atoms with van der Waals surface area (Å²) in [6, 6.07) is 0.0749. The summed E-state index contributed by atoms with van der Waals surface area (Å²) in [5.74, 6) is 11.6. The molecule has 112 heavy (non-hydrogen) atoms. The molecule has 0 saturated heterocycles. The van der Waals surface area contributed by atoms with Crippen molar-refractivity contribution in [2.75, 3.05) is 92.9 Å². The van der Waals surface area contributed by atoms with Crippen LogP contribution in [0.25, 0.3) is 0 Å². The molecule has 0 aromatic heterocycles. The van der Waals surface area contributed by atoms with Crippen LogP contribution in [0, 0.1) is 178 Å². The van der Waals surface area contributed by atoms with Gasteiger partial charge in [0.05, 0.1) is 37.8 Å². The minimum absolute atomic E-state index is 0.0127. The maximum absolute atomic E-state index is 13.3. The standard InChI is InChI=1S/C32H50N4O2.C32H48N2O4.C15H22N2O.C15H21NO2/c1-7-20-15-22(9-3)28-19(5)24(17-25(20)28)31(37)36-14-13-34-30-27(32(38)35-12-11-33-6)18-26-21(8-2)16-23(10-4)29(26)30;1-7-20-15-22(9-3)28-19(5)24(17-25(20)28)31(35)34-12-14-38-30-27(32(36)33-11-13-37-6)18-26-21(8-2)16-23(10-4)29(26)30;1-3-10-7-11(4-2)14-9-12(8-13(10)14)15(18)17-6-5-16;1-3-10-7-11(4-2)14-9-12(8-13(10)14)15(18)16-5-6-17/h7-10,19-30,33-34H,1-4,11-18H2,5-6H3,(H,35,38)(H,36,37);7-10,19-30H,1-4,11-18H2,5-6H3,(H,33,36)(H,34,35);3-4,8,10-11,13-14H,1-2,5-7,9,16H2,(H,17,18);3-4,8,10-11,13-14,17H,1-2,5-7,9H2,(H,16,18). The molecule has 0 heterocycles. The molecule has 12 rings (SSSR count). The minimum Gasteiger partial charge on any atom is -0.395 e. The Kier molecular flexibility index (Phi) is 33.7. The van der Waals surface area contributed by atoms with Gasteiger partial charge in [-0.25, -0.2) is 0 Å². The summed E-state index contributed by atoms with van der Waals surface area (Å²) in [5, 5.41) is 33.6. The number of rotatable bonds is 36. The second kappa shape index (κ2) is 42.5. The number of hydrogen-bond acceptors (Lipinski definition) is 12. The number of fused-ring (bicyclic) bond motifs is 6. The van der Waals surface area contributed by atoms with Gasteiger partial charge in [0.15, 0.2) is 0 Å². The largest absolute Gasteiger partial charge is 0.395 e. The average Bonchev–Trinajstić information content (AvgIpc) is 1.64. The van der Waals surface area contributed by atoms with Crippen molar-refractivity contribution in [3.8, 4) is 0 Å². The molecule has 18 nitrogen and oxygen atoms in total. The van der Waals surface area contributed by atoms with E-state index in [0.29, 0.717) is 214 Å². The Balaban J connectivity index is 0.000000181. The van der Waals surface area contributed by atoms with Crippen LogP contribution in [0.1, 0.15) is 90.9 Å². The van der Waals surface area contributed by atoms with Gasteiger partial charge in [0.1, 0.15) is 0 Å². The fourth-order valence-corrected chi connectivity index (χ4v) is 24.2. The van der Waals surface area contributed by atoms with E-state index in [4.69, 9.17) is 20.3 Å². The van der Waals surface area contributed by atoms with Gasteiger partial charge in [-0.05, 0) is 238 Å². The van der Waals surface area contributed by atoms with Crippen LogP contribution in [0.5, 0.6) is 0 Å². The lowest BCUT2D eigenvalue weighted by atomic mass is 9.83. The van der Waals surface area contributed by atoms with Crippen molar-refractivity contribution in [2.24, 2.45) is 183 Å². The van der Waals surface area contributed by atoms with Crippen LogP contribution in [0.15, 0.2) is 175 Å². The average molecular weight is 1540 g/mol. The zero-order valence-electron chi connectivity index (χ0n) is 68.3. The molecule has 32 atom stereocenters. The first-order valence-corrected chi connectivity index (χ1v) is 42.6. The molecule has 10 saturated carbocycles. The molecule has 0 aromatic rings. The van der Waals surface area contributed by atoms with Crippen molar-refractivity contribution in [2.45, 2.75) is 103 Å². The number of aliphatic hydroxyl groups excluding tert-OH is 1. The van der Waals surface area contributed by atoms with Gasteiger partial charge in [0, 0.05) is 95.0 Å². The summed E-state index contributed by atoms with van der Waals surface area (Å²) in [7, 11) is 3.52. The number of likely N-dealkylation sites (N-methyl/N-ethyl adjacent to an activating group) is 1. The fraction of sp³-hybridized carbons (Fsp3) is 0.638. The zero-order valence-corrected chi connectivity index (χ0v) is 68.3. The number of ether oxygens (including phenoxy) is 2. The molecular weight excluding hydrogens is 1400 g/mol. The number of carbonyl (C=O) groups excluding carboxylic acids is 6. The molecule has 32 unspecified atom stereocenters. The molecular formula is C94H141N9O9. The number of allylic oxidation sites excluding steroid dienone is 14. The summed E-state index contributed by atoms with van der Waals surface area (Å²) in [6.45, 7) is 58.4. The molecule has 0 aliphatic heterocycles. The number of nitrogens with two attached hydrogens (primary N) is 1. The normalized spacial score (nSPS) is 38.8. The lowest BCUT2D eigenvalue weighted by Gasteiger charge is -2.28. The Morgan fingerprint density at radius 1 is 0.402 bits per heavy atom. The van der Waals surface area contributed by atoms with Crippen molar-refractivity contribution in [1.82, 2.24) is 42.5 Å². The van der Waals surface area contributed by atoms with Crippen LogP contribution in [-0.4, -0.2) is 146 Å².